The summed E-state index contributed by atoms with van der Waals surface area (Å²) in [7, 11) is -3.10. The molecule has 0 aliphatic heterocycles. The molecule has 1 aromatic rings. The van der Waals surface area contributed by atoms with Gasteiger partial charge in [0.25, 0.3) is 5.91 Å². The van der Waals surface area contributed by atoms with Gasteiger partial charge in [-0.3, -0.25) is 9.59 Å². The first-order chi connectivity index (χ1) is 13.8. The minimum atomic E-state index is -3.10. The summed E-state index contributed by atoms with van der Waals surface area (Å²) in [6, 6.07) is 7.51. The van der Waals surface area contributed by atoms with E-state index in [9.17, 15) is 18.0 Å². The molecule has 0 spiro atoms. The Hall–Kier alpha value is -1.69. The lowest BCUT2D eigenvalue weighted by Gasteiger charge is -2.31. The number of ketones is 1. The number of unbranched alkanes of at least 4 members (excludes halogenated alkanes) is 2. The molecule has 0 unspecified atom stereocenters. The number of hydrogen-bond acceptors (Lipinski definition) is 4. The highest BCUT2D eigenvalue weighted by Crippen LogP contribution is 2.18. The average Bonchev–Trinajstić information content (AvgIpc) is 2.59. The molecule has 0 N–H and O–H groups in total. The molecular weight excluding hydrogens is 398 g/mol. The molecular formula is C24H39NO4S. The molecule has 0 aromatic heterocycles. The van der Waals surface area contributed by atoms with Gasteiger partial charge in [0.1, 0.15) is 5.78 Å². The summed E-state index contributed by atoms with van der Waals surface area (Å²) in [5, 5.41) is 0. The Kier molecular flexibility index (Phi) is 9.73. The van der Waals surface area contributed by atoms with Crippen molar-refractivity contribution in [3.63, 3.8) is 0 Å². The van der Waals surface area contributed by atoms with Crippen LogP contribution in [0.3, 0.4) is 0 Å². The van der Waals surface area contributed by atoms with Crippen molar-refractivity contribution in [3.8, 4) is 0 Å². The fourth-order valence-electron chi connectivity index (χ4n) is 3.44. The van der Waals surface area contributed by atoms with Gasteiger partial charge in [-0.15, -0.1) is 0 Å². The quantitative estimate of drug-likeness (QED) is 0.465. The maximum atomic E-state index is 12.9. The van der Waals surface area contributed by atoms with E-state index in [0.717, 1.165) is 12.0 Å². The lowest BCUT2D eigenvalue weighted by atomic mass is 10.0. The molecule has 6 heteroatoms. The number of amides is 1. The van der Waals surface area contributed by atoms with Crippen LogP contribution in [0.25, 0.3) is 0 Å². The summed E-state index contributed by atoms with van der Waals surface area (Å²) in [5.41, 5.74) is 1.45. The Labute approximate surface area is 183 Å². The number of rotatable bonds is 11. The van der Waals surface area contributed by atoms with Crippen LogP contribution in [-0.4, -0.2) is 47.6 Å². The largest absolute Gasteiger partial charge is 0.334 e. The van der Waals surface area contributed by atoms with Gasteiger partial charge < -0.3 is 4.90 Å². The summed E-state index contributed by atoms with van der Waals surface area (Å²) >= 11 is 0. The van der Waals surface area contributed by atoms with E-state index < -0.39 is 14.6 Å². The van der Waals surface area contributed by atoms with Crippen LogP contribution in [0.1, 0.15) is 90.1 Å². The van der Waals surface area contributed by atoms with Crippen LogP contribution >= 0.6 is 0 Å². The zero-order valence-corrected chi connectivity index (χ0v) is 20.5. The van der Waals surface area contributed by atoms with Gasteiger partial charge in [0.05, 0.1) is 10.5 Å². The molecule has 0 atom stereocenters. The topological polar surface area (TPSA) is 71.5 Å². The minimum absolute atomic E-state index is 0.0191. The maximum Gasteiger partial charge on any atom is 0.254 e. The second kappa shape index (κ2) is 11.1. The molecule has 0 heterocycles. The third-order valence-electron chi connectivity index (χ3n) is 5.22. The van der Waals surface area contributed by atoms with Crippen molar-refractivity contribution < 1.29 is 18.0 Å². The number of sulfone groups is 1. The highest BCUT2D eigenvalue weighted by atomic mass is 32.2. The Bertz CT molecular complexity index is 812. The number of nitrogens with zero attached hydrogens (tertiary/aromatic N) is 1. The molecule has 1 aromatic carbocycles. The zero-order valence-electron chi connectivity index (χ0n) is 19.7. The average molecular weight is 438 g/mol. The van der Waals surface area contributed by atoms with Crippen molar-refractivity contribution in [2.75, 3.05) is 5.75 Å². The summed E-state index contributed by atoms with van der Waals surface area (Å²) in [5.74, 6) is 0.258. The zero-order chi connectivity index (χ0) is 23.1. The normalized spacial score (nSPS) is 12.4. The predicted molar refractivity (Wildman–Crippen MR) is 124 cm³/mol. The monoisotopic (exact) mass is 437 g/mol. The van der Waals surface area contributed by atoms with E-state index in [0.29, 0.717) is 31.2 Å². The van der Waals surface area contributed by atoms with Gasteiger partial charge in [-0.2, -0.15) is 0 Å². The Morgan fingerprint density at radius 3 is 2.10 bits per heavy atom. The minimum Gasteiger partial charge on any atom is -0.334 e. The lowest BCUT2D eigenvalue weighted by molar-refractivity contribution is -0.118. The lowest BCUT2D eigenvalue weighted by Crippen LogP contribution is -2.42. The molecule has 30 heavy (non-hydrogen) atoms. The van der Waals surface area contributed by atoms with E-state index in [-0.39, 0.29) is 29.5 Å². The smallest absolute Gasteiger partial charge is 0.254 e. The van der Waals surface area contributed by atoms with Gasteiger partial charge in [-0.25, -0.2) is 8.42 Å². The summed E-state index contributed by atoms with van der Waals surface area (Å²) < 4.78 is 23.5. The van der Waals surface area contributed by atoms with Crippen molar-refractivity contribution in [2.24, 2.45) is 0 Å². The predicted octanol–water partition coefficient (Wildman–Crippen LogP) is 4.83. The van der Waals surface area contributed by atoms with E-state index in [2.05, 4.69) is 0 Å². The second-order valence-electron chi connectivity index (χ2n) is 9.56. The summed E-state index contributed by atoms with van der Waals surface area (Å²) in [6.07, 6.45) is 2.71. The third-order valence-corrected chi connectivity index (χ3v) is 7.92. The highest BCUT2D eigenvalue weighted by molar-refractivity contribution is 7.92. The molecule has 5 nitrogen and oxygen atoms in total. The van der Waals surface area contributed by atoms with Crippen LogP contribution in [-0.2, 0) is 21.1 Å². The van der Waals surface area contributed by atoms with E-state index >= 15 is 0 Å². The third kappa shape index (κ3) is 7.86. The second-order valence-corrected chi connectivity index (χ2v) is 12.4. The highest BCUT2D eigenvalue weighted by Gasteiger charge is 2.28. The first-order valence-corrected chi connectivity index (χ1v) is 12.6. The van der Waals surface area contributed by atoms with Crippen molar-refractivity contribution in [2.45, 2.75) is 97.4 Å². The molecule has 170 valence electrons. The molecule has 0 radical (unpaired) electrons. The van der Waals surface area contributed by atoms with Gasteiger partial charge >= 0.3 is 0 Å². The van der Waals surface area contributed by atoms with Gasteiger partial charge in [0.15, 0.2) is 9.84 Å². The SMILES string of the molecule is CC(C)N(C(=O)c1cccc(CC(=O)CCCCCS(=O)(=O)C(C)(C)C)c1)C(C)C. The number of carbonyl (C=O) groups excluding carboxylic acids is 2. The first kappa shape index (κ1) is 26.3. The van der Waals surface area contributed by atoms with Gasteiger partial charge in [0, 0.05) is 30.5 Å². The molecule has 0 saturated heterocycles. The van der Waals surface area contributed by atoms with Crippen molar-refractivity contribution >= 4 is 21.5 Å². The van der Waals surface area contributed by atoms with Crippen molar-refractivity contribution in [1.82, 2.24) is 4.90 Å². The molecule has 0 fully saturated rings. The number of hydrogen-bond donors (Lipinski definition) is 0. The van der Waals surface area contributed by atoms with E-state index in [1.165, 1.54) is 0 Å². The number of Topliss-reactive ketones (excluding diaryl/α,β-unsaturated/α-hetero) is 1. The first-order valence-electron chi connectivity index (χ1n) is 10.9. The number of benzene rings is 1. The van der Waals surface area contributed by atoms with Gasteiger partial charge in [-0.1, -0.05) is 18.6 Å². The van der Waals surface area contributed by atoms with Crippen molar-refractivity contribution in [1.29, 1.82) is 0 Å². The summed E-state index contributed by atoms with van der Waals surface area (Å²) in [4.78, 5) is 27.0. The van der Waals surface area contributed by atoms with E-state index in [4.69, 9.17) is 0 Å². The van der Waals surface area contributed by atoms with Gasteiger partial charge in [0.2, 0.25) is 0 Å². The Balaban J connectivity index is 2.57. The molecule has 0 bridgehead atoms. The standard InChI is InChI=1S/C24H39NO4S/c1-18(2)25(19(3)4)23(27)21-13-11-12-20(16-21)17-22(26)14-9-8-10-15-30(28,29)24(5,6)7/h11-13,16,18-19H,8-10,14-15,17H2,1-7H3. The van der Waals surface area contributed by atoms with E-state index in [1.54, 1.807) is 26.8 Å². The number of carbonyl (C=O) groups is 2. The van der Waals surface area contributed by atoms with Crippen LogP contribution in [0.5, 0.6) is 0 Å². The van der Waals surface area contributed by atoms with Crippen LogP contribution in [0.2, 0.25) is 0 Å². The summed E-state index contributed by atoms with van der Waals surface area (Å²) in [6.45, 7) is 13.1. The Morgan fingerprint density at radius 1 is 0.967 bits per heavy atom. The molecule has 1 amide bonds. The van der Waals surface area contributed by atoms with Crippen LogP contribution in [0.15, 0.2) is 24.3 Å². The van der Waals surface area contributed by atoms with E-state index in [1.807, 2.05) is 50.8 Å². The maximum absolute atomic E-state index is 12.9. The van der Waals surface area contributed by atoms with Crippen LogP contribution in [0.4, 0.5) is 0 Å². The molecule has 1 rings (SSSR count). The fraction of sp³-hybridized carbons (Fsp3) is 0.667. The van der Waals surface area contributed by atoms with Crippen LogP contribution < -0.4 is 0 Å². The van der Waals surface area contributed by atoms with Crippen LogP contribution in [0, 0.1) is 0 Å². The van der Waals surface area contributed by atoms with Crippen molar-refractivity contribution in [3.05, 3.63) is 35.4 Å². The van der Waals surface area contributed by atoms with Gasteiger partial charge in [-0.05, 0) is 79.0 Å². The molecule has 0 aliphatic rings. The molecule has 0 saturated carbocycles. The Morgan fingerprint density at radius 2 is 1.57 bits per heavy atom. The molecule has 0 aliphatic carbocycles. The fourth-order valence-corrected chi connectivity index (χ4v) is 4.64.